The van der Waals surface area contributed by atoms with Gasteiger partial charge in [0.15, 0.2) is 0 Å². The van der Waals surface area contributed by atoms with Gasteiger partial charge in [-0.25, -0.2) is 0 Å². The van der Waals surface area contributed by atoms with Gasteiger partial charge in [-0.15, -0.1) is 0 Å². The molecule has 0 fully saturated rings. The van der Waals surface area contributed by atoms with Crippen LogP contribution in [0.15, 0.2) is 12.2 Å². The Labute approximate surface area is 104 Å². The summed E-state index contributed by atoms with van der Waals surface area (Å²) in [6.07, 6.45) is 4.44. The fourth-order valence-corrected chi connectivity index (χ4v) is 0.893. The van der Waals surface area contributed by atoms with Crippen LogP contribution in [0, 0.1) is 0 Å². The summed E-state index contributed by atoms with van der Waals surface area (Å²) in [5, 5.41) is 11.8. The number of carbonyl (C=O) groups excluding carboxylic acids is 1. The number of allylic oxidation sites excluding steroid dienone is 1. The number of hydrogen-bond acceptors (Lipinski definition) is 4. The Bertz CT molecular complexity index is 177. The molecule has 0 aliphatic rings. The van der Waals surface area contributed by atoms with Crippen molar-refractivity contribution in [2.75, 3.05) is 40.5 Å². The Morgan fingerprint density at radius 1 is 1.24 bits per heavy atom. The Hall–Kier alpha value is -0.910. The average molecular weight is 247 g/mol. The van der Waals surface area contributed by atoms with Crippen LogP contribution in [0.5, 0.6) is 0 Å². The number of carbonyl (C=O) groups is 1. The Kier molecular flexibility index (Phi) is 19.0. The standard InChI is InChI=1S/C6H15NO2.C6H10O2/c1-8-5-3-7-4-6-9-2;1-2-3-4-5-6(7)8/h7H,3-6H2,1-2H3;4-5H,2-3H2,1H3,(H,7,8). The molecule has 0 saturated carbocycles. The van der Waals surface area contributed by atoms with Gasteiger partial charge in [-0.05, 0) is 12.5 Å². The van der Waals surface area contributed by atoms with Gasteiger partial charge >= 0.3 is 0 Å². The summed E-state index contributed by atoms with van der Waals surface area (Å²) < 4.78 is 9.70. The third-order valence-corrected chi connectivity index (χ3v) is 1.76. The zero-order valence-electron chi connectivity index (χ0n) is 11.1. The second kappa shape index (κ2) is 17.5. The van der Waals surface area contributed by atoms with Crippen LogP contribution in [0.3, 0.4) is 0 Å². The topological polar surface area (TPSA) is 75.2 Å². The Morgan fingerprint density at radius 2 is 1.76 bits per heavy atom. The molecule has 17 heavy (non-hydrogen) atoms. The van der Waals surface area contributed by atoms with Crippen molar-refractivity contribution in [2.45, 2.75) is 19.8 Å². The van der Waals surface area contributed by atoms with Gasteiger partial charge in [0.2, 0.25) is 0 Å². The zero-order chi connectivity index (χ0) is 13.4. The van der Waals surface area contributed by atoms with Crippen LogP contribution in [-0.2, 0) is 14.3 Å². The molecule has 0 aromatic heterocycles. The third-order valence-electron chi connectivity index (χ3n) is 1.76. The fourth-order valence-electron chi connectivity index (χ4n) is 0.893. The summed E-state index contributed by atoms with van der Waals surface area (Å²) in [6, 6.07) is 0. The highest BCUT2D eigenvalue weighted by molar-refractivity contribution is 5.77. The molecule has 0 aliphatic heterocycles. The summed E-state index contributed by atoms with van der Waals surface area (Å²) in [5.74, 6) is -1.11. The number of carboxylic acids is 1. The molecule has 0 radical (unpaired) electrons. The molecule has 0 rings (SSSR count). The highest BCUT2D eigenvalue weighted by Gasteiger charge is 1.87. The summed E-state index contributed by atoms with van der Waals surface area (Å²) in [7, 11) is 3.42. The number of rotatable bonds is 9. The summed E-state index contributed by atoms with van der Waals surface area (Å²) in [4.78, 5) is 9.68. The van der Waals surface area contributed by atoms with E-state index in [4.69, 9.17) is 9.47 Å². The number of hydrogen-bond donors (Lipinski definition) is 1. The van der Waals surface area contributed by atoms with Crippen molar-refractivity contribution < 1.29 is 24.7 Å². The minimum atomic E-state index is -1.11. The second-order valence-electron chi connectivity index (χ2n) is 3.36. The molecule has 0 aromatic carbocycles. The summed E-state index contributed by atoms with van der Waals surface area (Å²) in [5.41, 5.74) is 0. The van der Waals surface area contributed by atoms with Crippen molar-refractivity contribution in [3.8, 4) is 0 Å². The predicted molar refractivity (Wildman–Crippen MR) is 64.5 cm³/mol. The predicted octanol–water partition coefficient (Wildman–Crippen LogP) is -1.06. The van der Waals surface area contributed by atoms with Gasteiger partial charge < -0.3 is 24.7 Å². The molecule has 5 heteroatoms. The molecule has 0 atom stereocenters. The first-order valence-electron chi connectivity index (χ1n) is 5.86. The Balaban J connectivity index is 0. The Morgan fingerprint density at radius 3 is 2.12 bits per heavy atom. The minimum Gasteiger partial charge on any atom is -0.545 e. The largest absolute Gasteiger partial charge is 0.545 e. The van der Waals surface area contributed by atoms with E-state index in [9.17, 15) is 9.90 Å². The molecule has 0 saturated heterocycles. The summed E-state index contributed by atoms with van der Waals surface area (Å²) in [6.45, 7) is 5.69. The second-order valence-corrected chi connectivity index (χ2v) is 3.36. The molecule has 0 aliphatic carbocycles. The van der Waals surface area contributed by atoms with E-state index in [-0.39, 0.29) is 0 Å². The molecule has 5 nitrogen and oxygen atoms in total. The van der Waals surface area contributed by atoms with E-state index in [1.54, 1.807) is 20.3 Å². The zero-order valence-corrected chi connectivity index (χ0v) is 11.1. The average Bonchev–Trinajstić information content (AvgIpc) is 2.30. The third kappa shape index (κ3) is 25.4. The van der Waals surface area contributed by atoms with Crippen molar-refractivity contribution in [1.82, 2.24) is 0 Å². The van der Waals surface area contributed by atoms with E-state index in [0.29, 0.717) is 0 Å². The maximum atomic E-state index is 9.68. The normalized spacial score (nSPS) is 10.1. The van der Waals surface area contributed by atoms with Gasteiger partial charge in [-0.3, -0.25) is 0 Å². The molecular formula is C12H25NO4. The van der Waals surface area contributed by atoms with Crippen LogP contribution in [0.1, 0.15) is 19.8 Å². The SMILES string of the molecule is CCCC=CC(=O)[O-].COCC[NH2+]CCOC. The van der Waals surface area contributed by atoms with E-state index >= 15 is 0 Å². The number of quaternary nitrogens is 1. The monoisotopic (exact) mass is 247 g/mol. The van der Waals surface area contributed by atoms with E-state index < -0.39 is 5.97 Å². The van der Waals surface area contributed by atoms with Crippen molar-refractivity contribution in [2.24, 2.45) is 0 Å². The highest BCUT2D eigenvalue weighted by Crippen LogP contribution is 1.86. The number of aliphatic carboxylic acids is 1. The van der Waals surface area contributed by atoms with Crippen LogP contribution in [0.2, 0.25) is 0 Å². The van der Waals surface area contributed by atoms with Gasteiger partial charge in [0.1, 0.15) is 0 Å². The molecule has 2 N–H and O–H groups in total. The van der Waals surface area contributed by atoms with Crippen LogP contribution in [-0.4, -0.2) is 46.5 Å². The maximum absolute atomic E-state index is 9.68. The molecular weight excluding hydrogens is 222 g/mol. The first-order valence-corrected chi connectivity index (χ1v) is 5.86. The minimum absolute atomic E-state index is 0.813. The molecule has 0 heterocycles. The fraction of sp³-hybridized carbons (Fsp3) is 0.750. The first-order chi connectivity index (χ1) is 8.18. The van der Waals surface area contributed by atoms with Gasteiger partial charge in [0.25, 0.3) is 0 Å². The summed E-state index contributed by atoms with van der Waals surface area (Å²) >= 11 is 0. The lowest BCUT2D eigenvalue weighted by Gasteiger charge is -1.98. The van der Waals surface area contributed by atoms with Gasteiger partial charge in [0.05, 0.1) is 32.3 Å². The number of ether oxygens (including phenoxy) is 2. The van der Waals surface area contributed by atoms with Crippen molar-refractivity contribution >= 4 is 5.97 Å². The molecule has 0 aromatic rings. The van der Waals surface area contributed by atoms with Crippen molar-refractivity contribution in [3.05, 3.63) is 12.2 Å². The van der Waals surface area contributed by atoms with Gasteiger partial charge in [-0.1, -0.05) is 19.4 Å². The smallest absolute Gasteiger partial charge is 0.0993 e. The van der Waals surface area contributed by atoms with Gasteiger partial charge in [0, 0.05) is 14.2 Å². The van der Waals surface area contributed by atoms with Crippen LogP contribution < -0.4 is 10.4 Å². The van der Waals surface area contributed by atoms with E-state index in [1.807, 2.05) is 6.92 Å². The number of carboxylic acid groups (broad SMARTS) is 1. The van der Waals surface area contributed by atoms with Crippen LogP contribution in [0.4, 0.5) is 0 Å². The lowest BCUT2D eigenvalue weighted by Crippen LogP contribution is -2.86. The van der Waals surface area contributed by atoms with Gasteiger partial charge in [-0.2, -0.15) is 0 Å². The molecule has 0 bridgehead atoms. The lowest BCUT2D eigenvalue weighted by atomic mass is 10.3. The lowest BCUT2D eigenvalue weighted by molar-refractivity contribution is -0.657. The van der Waals surface area contributed by atoms with E-state index in [1.165, 1.54) is 0 Å². The van der Waals surface area contributed by atoms with Crippen molar-refractivity contribution in [3.63, 3.8) is 0 Å². The molecule has 0 spiro atoms. The van der Waals surface area contributed by atoms with E-state index in [0.717, 1.165) is 45.2 Å². The first kappa shape index (κ1) is 18.5. The number of unbranched alkanes of at least 4 members (excludes halogenated alkanes) is 1. The maximum Gasteiger partial charge on any atom is 0.0993 e. The quantitative estimate of drug-likeness (QED) is 0.416. The number of nitrogens with two attached hydrogens (primary N) is 1. The van der Waals surface area contributed by atoms with Crippen LogP contribution >= 0.6 is 0 Å². The van der Waals surface area contributed by atoms with E-state index in [2.05, 4.69) is 5.32 Å². The molecule has 0 unspecified atom stereocenters. The molecule has 102 valence electrons. The van der Waals surface area contributed by atoms with Crippen molar-refractivity contribution in [1.29, 1.82) is 0 Å². The van der Waals surface area contributed by atoms with Crippen LogP contribution in [0.25, 0.3) is 0 Å². The highest BCUT2D eigenvalue weighted by atomic mass is 16.5. The molecule has 0 amide bonds. The number of methoxy groups -OCH3 is 2.